The number of halogens is 1. The molecule has 5 heteroatoms. The van der Waals surface area contributed by atoms with Crippen molar-refractivity contribution in [2.24, 2.45) is 0 Å². The minimum atomic E-state index is -0.259. The highest BCUT2D eigenvalue weighted by Gasteiger charge is 2.26. The van der Waals surface area contributed by atoms with Gasteiger partial charge in [-0.1, -0.05) is 6.07 Å². The van der Waals surface area contributed by atoms with Crippen LogP contribution in [0.2, 0.25) is 0 Å². The van der Waals surface area contributed by atoms with Gasteiger partial charge in [0.2, 0.25) is 0 Å². The van der Waals surface area contributed by atoms with Crippen molar-refractivity contribution < 1.29 is 9.18 Å². The fourth-order valence-electron chi connectivity index (χ4n) is 2.45. The van der Waals surface area contributed by atoms with Crippen LogP contribution in [0.1, 0.15) is 16.1 Å². The van der Waals surface area contributed by atoms with E-state index in [9.17, 15) is 9.18 Å². The smallest absolute Gasteiger partial charge is 0.264 e. The Morgan fingerprint density at radius 3 is 3.05 bits per heavy atom. The average molecular weight is 278 g/mol. The third kappa shape index (κ3) is 2.35. The molecule has 1 amide bonds. The molecule has 1 aliphatic heterocycles. The maximum Gasteiger partial charge on any atom is 0.264 e. The number of hydrogen-bond donors (Lipinski definition) is 1. The molecular formula is C14H15FN2OS. The summed E-state index contributed by atoms with van der Waals surface area (Å²) in [7, 11) is 1.92. The van der Waals surface area contributed by atoms with Gasteiger partial charge in [0.05, 0.1) is 4.88 Å². The molecular weight excluding hydrogens is 263 g/mol. The lowest BCUT2D eigenvalue weighted by Crippen LogP contribution is -2.33. The first-order valence-corrected chi connectivity index (χ1v) is 7.14. The van der Waals surface area contributed by atoms with Gasteiger partial charge < -0.3 is 10.2 Å². The van der Waals surface area contributed by atoms with E-state index in [0.717, 1.165) is 29.6 Å². The van der Waals surface area contributed by atoms with Gasteiger partial charge in [-0.05, 0) is 37.1 Å². The van der Waals surface area contributed by atoms with Crippen molar-refractivity contribution in [1.29, 1.82) is 0 Å². The number of nitrogens with zero attached hydrogens (tertiary/aromatic N) is 1. The van der Waals surface area contributed by atoms with Gasteiger partial charge in [-0.15, -0.1) is 11.3 Å². The first-order chi connectivity index (χ1) is 9.17. The monoisotopic (exact) mass is 278 g/mol. The topological polar surface area (TPSA) is 32.3 Å². The molecule has 1 aromatic carbocycles. The largest absolute Gasteiger partial charge is 0.336 e. The van der Waals surface area contributed by atoms with Crippen LogP contribution >= 0.6 is 11.3 Å². The number of benzene rings is 1. The molecule has 2 aromatic rings. The summed E-state index contributed by atoms with van der Waals surface area (Å²) in [4.78, 5) is 14.9. The zero-order valence-corrected chi connectivity index (χ0v) is 11.5. The molecule has 1 N–H and O–H groups in total. The van der Waals surface area contributed by atoms with Crippen LogP contribution in [0.3, 0.4) is 0 Å². The van der Waals surface area contributed by atoms with Crippen molar-refractivity contribution in [3.63, 3.8) is 0 Å². The van der Waals surface area contributed by atoms with E-state index in [2.05, 4.69) is 5.32 Å². The third-order valence-corrected chi connectivity index (χ3v) is 4.66. The lowest BCUT2D eigenvalue weighted by atomic mass is 10.2. The van der Waals surface area contributed by atoms with Crippen molar-refractivity contribution in [2.45, 2.75) is 12.5 Å². The highest BCUT2D eigenvalue weighted by atomic mass is 32.1. The van der Waals surface area contributed by atoms with Gasteiger partial charge in [-0.25, -0.2) is 4.39 Å². The summed E-state index contributed by atoms with van der Waals surface area (Å²) >= 11 is 1.36. The van der Waals surface area contributed by atoms with Crippen LogP contribution in [-0.4, -0.2) is 37.0 Å². The van der Waals surface area contributed by atoms with E-state index < -0.39 is 0 Å². The Labute approximate surface area is 115 Å². The summed E-state index contributed by atoms with van der Waals surface area (Å²) in [5, 5.41) is 4.12. The van der Waals surface area contributed by atoms with E-state index in [4.69, 9.17) is 0 Å². The lowest BCUT2D eigenvalue weighted by Gasteiger charge is -2.15. The van der Waals surface area contributed by atoms with Crippen molar-refractivity contribution in [1.82, 2.24) is 10.2 Å². The minimum absolute atomic E-state index is 0.0550. The Bertz CT molecular complexity index is 625. The van der Waals surface area contributed by atoms with E-state index in [1.165, 1.54) is 23.5 Å². The Hall–Kier alpha value is -1.46. The Morgan fingerprint density at radius 2 is 2.32 bits per heavy atom. The zero-order chi connectivity index (χ0) is 13.4. The first-order valence-electron chi connectivity index (χ1n) is 6.33. The quantitative estimate of drug-likeness (QED) is 0.915. The third-order valence-electron chi connectivity index (χ3n) is 3.58. The molecule has 2 heterocycles. The van der Waals surface area contributed by atoms with E-state index in [1.54, 1.807) is 6.07 Å². The van der Waals surface area contributed by atoms with E-state index in [1.807, 2.05) is 18.0 Å². The van der Waals surface area contributed by atoms with Gasteiger partial charge in [0.15, 0.2) is 0 Å². The predicted octanol–water partition coefficient (Wildman–Crippen LogP) is 2.47. The van der Waals surface area contributed by atoms with Crippen molar-refractivity contribution in [3.8, 4) is 0 Å². The molecule has 1 aromatic heterocycles. The maximum absolute atomic E-state index is 13.1. The molecule has 1 saturated heterocycles. The van der Waals surface area contributed by atoms with Crippen molar-refractivity contribution in [3.05, 3.63) is 35.0 Å². The second-order valence-electron chi connectivity index (χ2n) is 4.82. The summed E-state index contributed by atoms with van der Waals surface area (Å²) in [5.41, 5.74) is 0. The highest BCUT2D eigenvalue weighted by Crippen LogP contribution is 2.28. The summed E-state index contributed by atoms with van der Waals surface area (Å²) in [6, 6.07) is 6.87. The van der Waals surface area contributed by atoms with Gasteiger partial charge >= 0.3 is 0 Å². The number of carbonyl (C=O) groups excluding carboxylic acids is 1. The average Bonchev–Trinajstić information content (AvgIpc) is 3.03. The fourth-order valence-corrected chi connectivity index (χ4v) is 3.50. The summed E-state index contributed by atoms with van der Waals surface area (Å²) in [6.07, 6.45) is 0.988. The second kappa shape index (κ2) is 4.90. The predicted molar refractivity (Wildman–Crippen MR) is 75.2 cm³/mol. The number of fused-ring (bicyclic) bond motifs is 1. The number of rotatable bonds is 2. The molecule has 3 nitrogen and oxygen atoms in total. The Morgan fingerprint density at radius 1 is 1.47 bits per heavy atom. The molecule has 19 heavy (non-hydrogen) atoms. The number of likely N-dealkylation sites (N-methyl/N-ethyl adjacent to an activating group) is 1. The molecule has 100 valence electrons. The molecule has 0 saturated carbocycles. The van der Waals surface area contributed by atoms with Crippen molar-refractivity contribution in [2.75, 3.05) is 20.1 Å². The molecule has 0 spiro atoms. The van der Waals surface area contributed by atoms with E-state index >= 15 is 0 Å². The van der Waals surface area contributed by atoms with Gasteiger partial charge in [0, 0.05) is 23.8 Å². The van der Waals surface area contributed by atoms with E-state index in [-0.39, 0.29) is 11.7 Å². The Kier molecular flexibility index (Phi) is 3.24. The number of hydrogen-bond acceptors (Lipinski definition) is 3. The molecule has 0 radical (unpaired) electrons. The molecule has 1 atom stereocenters. The molecule has 0 aliphatic carbocycles. The van der Waals surface area contributed by atoms with Crippen LogP contribution in [0.5, 0.6) is 0 Å². The molecule has 1 unspecified atom stereocenters. The van der Waals surface area contributed by atoms with E-state index in [0.29, 0.717) is 10.9 Å². The van der Waals surface area contributed by atoms with Crippen LogP contribution in [0.15, 0.2) is 24.3 Å². The standard InChI is InChI=1S/C14H15FN2OS/c1-16-11-4-5-17(8-11)14(18)13-6-9-2-3-10(15)7-12(9)19-13/h2-3,6-7,11,16H,4-5,8H2,1H3. The molecule has 1 fully saturated rings. The number of carbonyl (C=O) groups is 1. The van der Waals surface area contributed by atoms with Gasteiger partial charge in [0.25, 0.3) is 5.91 Å². The lowest BCUT2D eigenvalue weighted by molar-refractivity contribution is 0.0794. The highest BCUT2D eigenvalue weighted by molar-refractivity contribution is 7.20. The summed E-state index contributed by atoms with van der Waals surface area (Å²) < 4.78 is 14.0. The molecule has 1 aliphatic rings. The second-order valence-corrected chi connectivity index (χ2v) is 5.90. The number of likely N-dealkylation sites (tertiary alicyclic amines) is 1. The van der Waals surface area contributed by atoms with Gasteiger partial charge in [-0.2, -0.15) is 0 Å². The van der Waals surface area contributed by atoms with Gasteiger partial charge in [0.1, 0.15) is 5.82 Å². The SMILES string of the molecule is CNC1CCN(C(=O)c2cc3ccc(F)cc3s2)C1. The Balaban J connectivity index is 1.86. The molecule has 0 bridgehead atoms. The minimum Gasteiger partial charge on any atom is -0.336 e. The van der Waals surface area contributed by atoms with Crippen LogP contribution in [0, 0.1) is 5.82 Å². The fraction of sp³-hybridized carbons (Fsp3) is 0.357. The maximum atomic E-state index is 13.1. The first kappa shape index (κ1) is 12.6. The van der Waals surface area contributed by atoms with Crippen molar-refractivity contribution >= 4 is 27.3 Å². The number of nitrogens with one attached hydrogen (secondary N) is 1. The number of thiophene rings is 1. The van der Waals surface area contributed by atoms with Crippen LogP contribution < -0.4 is 5.32 Å². The number of amides is 1. The summed E-state index contributed by atoms with van der Waals surface area (Å²) in [6.45, 7) is 1.53. The normalized spacial score (nSPS) is 19.3. The zero-order valence-electron chi connectivity index (χ0n) is 10.6. The summed E-state index contributed by atoms with van der Waals surface area (Å²) in [5.74, 6) is -0.205. The van der Waals surface area contributed by atoms with Gasteiger partial charge in [-0.3, -0.25) is 4.79 Å². The van der Waals surface area contributed by atoms with Crippen LogP contribution in [-0.2, 0) is 0 Å². The van der Waals surface area contributed by atoms with Crippen LogP contribution in [0.25, 0.3) is 10.1 Å². The van der Waals surface area contributed by atoms with Crippen LogP contribution in [0.4, 0.5) is 4.39 Å². The molecule has 3 rings (SSSR count).